The van der Waals surface area contributed by atoms with Gasteiger partial charge in [0.1, 0.15) is 0 Å². The Hall–Kier alpha value is -3.46. The summed E-state index contributed by atoms with van der Waals surface area (Å²) in [5, 5.41) is 4.46. The molecule has 0 saturated carbocycles. The number of nitrogens with zero attached hydrogens (tertiary/aromatic N) is 5. The maximum absolute atomic E-state index is 13.7. The summed E-state index contributed by atoms with van der Waals surface area (Å²) in [6, 6.07) is 7.23. The molecular weight excluding hydrogens is 450 g/mol. The minimum absolute atomic E-state index is 0.192. The summed E-state index contributed by atoms with van der Waals surface area (Å²) >= 11 is 1.32. The van der Waals surface area contributed by atoms with Crippen LogP contribution in [0, 0.1) is 13.8 Å². The van der Waals surface area contributed by atoms with Crippen LogP contribution in [0.3, 0.4) is 0 Å². The summed E-state index contributed by atoms with van der Waals surface area (Å²) < 4.78 is 9.32. The molecule has 178 valence electrons. The molecule has 0 spiro atoms. The molecule has 3 heterocycles. The van der Waals surface area contributed by atoms with Crippen molar-refractivity contribution in [1.82, 2.24) is 14.3 Å². The van der Waals surface area contributed by atoms with Crippen molar-refractivity contribution in [3.63, 3.8) is 0 Å². The summed E-state index contributed by atoms with van der Waals surface area (Å²) in [5.41, 5.74) is 5.34. The van der Waals surface area contributed by atoms with Crippen molar-refractivity contribution in [3.05, 3.63) is 77.7 Å². The Labute approximate surface area is 202 Å². The van der Waals surface area contributed by atoms with Crippen LogP contribution in [0.4, 0.5) is 5.69 Å². The van der Waals surface area contributed by atoms with Crippen LogP contribution >= 0.6 is 11.3 Å². The summed E-state index contributed by atoms with van der Waals surface area (Å²) in [6.45, 7) is 7.70. The van der Waals surface area contributed by atoms with Gasteiger partial charge in [-0.1, -0.05) is 23.5 Å². The third-order valence-electron chi connectivity index (χ3n) is 6.08. The maximum atomic E-state index is 13.7. The van der Waals surface area contributed by atoms with Crippen molar-refractivity contribution in [1.29, 1.82) is 0 Å². The number of thiazole rings is 1. The fourth-order valence-electron chi connectivity index (χ4n) is 4.19. The first-order chi connectivity index (χ1) is 16.1. The normalized spacial score (nSPS) is 15.9. The van der Waals surface area contributed by atoms with E-state index in [9.17, 15) is 9.59 Å². The van der Waals surface area contributed by atoms with Crippen molar-refractivity contribution in [3.8, 4) is 0 Å². The topological polar surface area (TPSA) is 81.7 Å². The molecule has 1 atom stereocenters. The van der Waals surface area contributed by atoms with E-state index in [0.717, 1.165) is 28.2 Å². The molecular formula is C25H29N5O3S. The highest BCUT2D eigenvalue weighted by molar-refractivity contribution is 7.07. The standard InChI is InChI=1S/C25H29N5O3S/c1-8-33-24(32)21-15(3)26-25-30(22(21)17-9-11-18(12-10-17)28(5)6)23(31)20(34-25)13-19-14(2)27-29(7)16(19)4/h9-13,22H,8H2,1-7H3/b20-13+. The van der Waals surface area contributed by atoms with E-state index < -0.39 is 12.0 Å². The Bertz CT molecular complexity index is 1470. The quantitative estimate of drug-likeness (QED) is 0.524. The Morgan fingerprint density at radius 2 is 1.88 bits per heavy atom. The lowest BCUT2D eigenvalue weighted by Gasteiger charge is -2.25. The number of hydrogen-bond acceptors (Lipinski definition) is 7. The molecule has 0 N–H and O–H groups in total. The van der Waals surface area contributed by atoms with Gasteiger partial charge in [-0.3, -0.25) is 14.0 Å². The van der Waals surface area contributed by atoms with E-state index in [-0.39, 0.29) is 12.2 Å². The summed E-state index contributed by atoms with van der Waals surface area (Å²) in [7, 11) is 5.82. The van der Waals surface area contributed by atoms with Gasteiger partial charge in [-0.05, 0) is 51.5 Å². The number of carbonyl (C=O) groups excluding carboxylic acids is 1. The highest BCUT2D eigenvalue weighted by atomic mass is 32.1. The molecule has 0 radical (unpaired) electrons. The Morgan fingerprint density at radius 3 is 2.44 bits per heavy atom. The number of ether oxygens (including phenoxy) is 1. The predicted octanol–water partition coefficient (Wildman–Crippen LogP) is 2.21. The van der Waals surface area contributed by atoms with Crippen molar-refractivity contribution >= 4 is 29.1 Å². The molecule has 0 aliphatic carbocycles. The van der Waals surface area contributed by atoms with Gasteiger partial charge in [0.25, 0.3) is 5.56 Å². The van der Waals surface area contributed by atoms with E-state index >= 15 is 0 Å². The predicted molar refractivity (Wildman–Crippen MR) is 134 cm³/mol. The maximum Gasteiger partial charge on any atom is 0.338 e. The second kappa shape index (κ2) is 9.06. The van der Waals surface area contributed by atoms with Gasteiger partial charge in [-0.25, -0.2) is 9.79 Å². The number of aryl methyl sites for hydroxylation is 2. The van der Waals surface area contributed by atoms with Crippen LogP contribution in [0.1, 0.15) is 42.4 Å². The molecule has 1 aliphatic heterocycles. The minimum atomic E-state index is -0.621. The van der Waals surface area contributed by atoms with Gasteiger partial charge in [0.15, 0.2) is 4.80 Å². The number of fused-ring (bicyclic) bond motifs is 1. The van der Waals surface area contributed by atoms with Crippen molar-refractivity contribution in [2.75, 3.05) is 25.6 Å². The van der Waals surface area contributed by atoms with Crippen LogP contribution in [0.15, 0.2) is 45.3 Å². The number of carbonyl (C=O) groups is 1. The molecule has 9 heteroatoms. The van der Waals surface area contributed by atoms with Gasteiger partial charge in [0.2, 0.25) is 0 Å². The highest BCUT2D eigenvalue weighted by Gasteiger charge is 2.33. The first-order valence-corrected chi connectivity index (χ1v) is 11.9. The molecule has 0 saturated heterocycles. The van der Waals surface area contributed by atoms with E-state index in [1.54, 1.807) is 23.1 Å². The smallest absolute Gasteiger partial charge is 0.338 e. The van der Waals surface area contributed by atoms with E-state index in [4.69, 9.17) is 4.74 Å². The van der Waals surface area contributed by atoms with Crippen LogP contribution in [-0.4, -0.2) is 41.0 Å². The van der Waals surface area contributed by atoms with Crippen LogP contribution in [-0.2, 0) is 16.6 Å². The number of anilines is 1. The second-order valence-electron chi connectivity index (χ2n) is 8.50. The van der Waals surface area contributed by atoms with Gasteiger partial charge in [-0.2, -0.15) is 5.10 Å². The van der Waals surface area contributed by atoms with Crippen LogP contribution in [0.25, 0.3) is 6.08 Å². The number of benzene rings is 1. The zero-order chi connectivity index (χ0) is 24.7. The first-order valence-electron chi connectivity index (χ1n) is 11.1. The number of rotatable bonds is 5. The lowest BCUT2D eigenvalue weighted by molar-refractivity contribution is -0.139. The number of esters is 1. The molecule has 0 bridgehead atoms. The third-order valence-corrected chi connectivity index (χ3v) is 7.07. The molecule has 8 nitrogen and oxygen atoms in total. The van der Waals surface area contributed by atoms with Crippen molar-refractivity contribution in [2.45, 2.75) is 33.7 Å². The lowest BCUT2D eigenvalue weighted by Crippen LogP contribution is -2.40. The van der Waals surface area contributed by atoms with Gasteiger partial charge in [-0.15, -0.1) is 0 Å². The zero-order valence-corrected chi connectivity index (χ0v) is 21.4. The Kier molecular flexibility index (Phi) is 6.31. The van der Waals surface area contributed by atoms with E-state index in [1.807, 2.05) is 70.2 Å². The van der Waals surface area contributed by atoms with Gasteiger partial charge in [0, 0.05) is 38.1 Å². The second-order valence-corrected chi connectivity index (χ2v) is 9.51. The van der Waals surface area contributed by atoms with Gasteiger partial charge < -0.3 is 9.64 Å². The number of allylic oxidation sites excluding steroid dienone is 1. The minimum Gasteiger partial charge on any atom is -0.463 e. The van der Waals surface area contributed by atoms with Crippen LogP contribution < -0.4 is 19.8 Å². The Balaban J connectivity index is 1.96. The third kappa shape index (κ3) is 4.00. The molecule has 1 aromatic carbocycles. The fraction of sp³-hybridized carbons (Fsp3) is 0.360. The monoisotopic (exact) mass is 479 g/mol. The number of aromatic nitrogens is 3. The molecule has 0 amide bonds. The Morgan fingerprint density at radius 1 is 1.21 bits per heavy atom. The molecule has 4 rings (SSSR count). The van der Waals surface area contributed by atoms with Gasteiger partial charge in [0.05, 0.1) is 34.1 Å². The van der Waals surface area contributed by atoms with E-state index in [2.05, 4.69) is 10.1 Å². The SMILES string of the molecule is CCOC(=O)C1=C(C)N=c2s/c(=C/c3c(C)nn(C)c3C)c(=O)n2C1c1ccc(N(C)C)cc1. The molecule has 3 aromatic rings. The van der Waals surface area contributed by atoms with Crippen molar-refractivity contribution < 1.29 is 9.53 Å². The molecule has 1 unspecified atom stereocenters. The summed E-state index contributed by atoms with van der Waals surface area (Å²) in [4.78, 5) is 33.9. The van der Waals surface area contributed by atoms with Crippen molar-refractivity contribution in [2.24, 2.45) is 12.0 Å². The average molecular weight is 480 g/mol. The molecule has 34 heavy (non-hydrogen) atoms. The van der Waals surface area contributed by atoms with Crippen LogP contribution in [0.5, 0.6) is 0 Å². The summed E-state index contributed by atoms with van der Waals surface area (Å²) in [5.74, 6) is -0.460. The van der Waals surface area contributed by atoms with Crippen LogP contribution in [0.2, 0.25) is 0 Å². The molecule has 1 aliphatic rings. The zero-order valence-electron chi connectivity index (χ0n) is 20.5. The van der Waals surface area contributed by atoms with E-state index in [0.29, 0.717) is 20.6 Å². The first kappa shape index (κ1) is 23.7. The highest BCUT2D eigenvalue weighted by Crippen LogP contribution is 2.31. The lowest BCUT2D eigenvalue weighted by atomic mass is 9.95. The van der Waals surface area contributed by atoms with E-state index in [1.165, 1.54) is 11.3 Å². The number of hydrogen-bond donors (Lipinski definition) is 0. The molecule has 0 fully saturated rings. The van der Waals surface area contributed by atoms with Gasteiger partial charge >= 0.3 is 5.97 Å². The summed E-state index contributed by atoms with van der Waals surface area (Å²) in [6.07, 6.45) is 1.87. The average Bonchev–Trinajstić information content (AvgIpc) is 3.22. The largest absolute Gasteiger partial charge is 0.463 e. The fourth-order valence-corrected chi connectivity index (χ4v) is 5.22. The molecule has 2 aromatic heterocycles.